The van der Waals surface area contributed by atoms with Gasteiger partial charge in [0, 0.05) is 24.5 Å². The molecule has 4 heteroatoms. The molecule has 1 aliphatic rings. The number of H-pyrrole nitrogens is 1. The summed E-state index contributed by atoms with van der Waals surface area (Å²) in [7, 11) is 0. The van der Waals surface area contributed by atoms with E-state index in [2.05, 4.69) is 44.7 Å². The minimum Gasteiger partial charge on any atom is -0.327 e. The molecule has 0 atom stereocenters. The predicted octanol–water partition coefficient (Wildman–Crippen LogP) is -0.244. The SMILES string of the molecule is C(C#Cc1cn[nH]c1)#CC1=CNNC1. The molecule has 1 aromatic heterocycles. The third-order valence-electron chi connectivity index (χ3n) is 1.62. The number of nitrogens with one attached hydrogen (secondary N) is 3. The molecule has 0 saturated carbocycles. The Labute approximate surface area is 81.8 Å². The van der Waals surface area contributed by atoms with E-state index in [0.29, 0.717) is 0 Å². The van der Waals surface area contributed by atoms with Crippen LogP contribution in [0.15, 0.2) is 24.2 Å². The van der Waals surface area contributed by atoms with Crippen LogP contribution >= 0.6 is 0 Å². The van der Waals surface area contributed by atoms with E-state index in [9.17, 15) is 0 Å². The normalized spacial score (nSPS) is 13.0. The average molecular weight is 184 g/mol. The summed E-state index contributed by atoms with van der Waals surface area (Å²) in [6.45, 7) is 0.750. The maximum absolute atomic E-state index is 3.77. The number of rotatable bonds is 0. The Bertz CT molecular complexity index is 448. The lowest BCUT2D eigenvalue weighted by atomic mass is 10.3. The van der Waals surface area contributed by atoms with Crippen LogP contribution in [0.2, 0.25) is 0 Å². The molecule has 0 bridgehead atoms. The number of hydrogen-bond donors (Lipinski definition) is 3. The van der Waals surface area contributed by atoms with Gasteiger partial charge >= 0.3 is 0 Å². The fraction of sp³-hybridized carbons (Fsp3) is 0.100. The fourth-order valence-electron chi connectivity index (χ4n) is 0.950. The lowest BCUT2D eigenvalue weighted by Gasteiger charge is -1.85. The second-order valence-corrected chi connectivity index (χ2v) is 2.65. The van der Waals surface area contributed by atoms with Crippen LogP contribution < -0.4 is 10.9 Å². The van der Waals surface area contributed by atoms with Gasteiger partial charge < -0.3 is 5.43 Å². The van der Waals surface area contributed by atoms with E-state index >= 15 is 0 Å². The Morgan fingerprint density at radius 2 is 2.21 bits per heavy atom. The van der Waals surface area contributed by atoms with E-state index in [1.165, 1.54) is 0 Å². The van der Waals surface area contributed by atoms with Gasteiger partial charge in [-0.2, -0.15) is 5.10 Å². The van der Waals surface area contributed by atoms with Gasteiger partial charge in [-0.05, 0) is 17.8 Å². The highest BCUT2D eigenvalue weighted by Gasteiger charge is 1.96. The van der Waals surface area contributed by atoms with Crippen molar-refractivity contribution < 1.29 is 0 Å². The van der Waals surface area contributed by atoms with Crippen molar-refractivity contribution in [3.8, 4) is 23.7 Å². The molecule has 0 radical (unpaired) electrons. The van der Waals surface area contributed by atoms with Crippen LogP contribution in [-0.2, 0) is 0 Å². The summed E-state index contributed by atoms with van der Waals surface area (Å²) in [6, 6.07) is 0. The van der Waals surface area contributed by atoms with Crippen molar-refractivity contribution in [1.29, 1.82) is 0 Å². The minimum absolute atomic E-state index is 0.750. The van der Waals surface area contributed by atoms with E-state index in [-0.39, 0.29) is 0 Å². The van der Waals surface area contributed by atoms with Crippen molar-refractivity contribution in [2.75, 3.05) is 6.54 Å². The molecule has 0 spiro atoms. The van der Waals surface area contributed by atoms with Crippen molar-refractivity contribution >= 4 is 0 Å². The topological polar surface area (TPSA) is 52.7 Å². The van der Waals surface area contributed by atoms with Crippen LogP contribution in [-0.4, -0.2) is 16.7 Å². The van der Waals surface area contributed by atoms with Gasteiger partial charge in [0.2, 0.25) is 0 Å². The first-order valence-electron chi connectivity index (χ1n) is 4.13. The summed E-state index contributed by atoms with van der Waals surface area (Å²) >= 11 is 0. The molecule has 0 fully saturated rings. The molecule has 0 aromatic carbocycles. The zero-order chi connectivity index (χ0) is 9.64. The molecule has 0 unspecified atom stereocenters. The Balaban J connectivity index is 1.98. The highest BCUT2D eigenvalue weighted by molar-refractivity contribution is 5.42. The van der Waals surface area contributed by atoms with Gasteiger partial charge in [-0.3, -0.25) is 5.10 Å². The average Bonchev–Trinajstić information content (AvgIpc) is 2.86. The Kier molecular flexibility index (Phi) is 2.51. The summed E-state index contributed by atoms with van der Waals surface area (Å²) < 4.78 is 0. The number of hydrogen-bond acceptors (Lipinski definition) is 3. The minimum atomic E-state index is 0.750. The Morgan fingerprint density at radius 1 is 1.29 bits per heavy atom. The van der Waals surface area contributed by atoms with E-state index < -0.39 is 0 Å². The molecule has 0 saturated heterocycles. The summed E-state index contributed by atoms with van der Waals surface area (Å²) in [4.78, 5) is 0. The third kappa shape index (κ3) is 2.16. The van der Waals surface area contributed by atoms with Gasteiger partial charge in [-0.1, -0.05) is 5.92 Å². The third-order valence-corrected chi connectivity index (χ3v) is 1.62. The van der Waals surface area contributed by atoms with Gasteiger partial charge in [0.15, 0.2) is 0 Å². The van der Waals surface area contributed by atoms with Crippen molar-refractivity contribution in [1.82, 2.24) is 21.0 Å². The summed E-state index contributed by atoms with van der Waals surface area (Å²) in [5, 5.41) is 6.45. The molecule has 2 heterocycles. The van der Waals surface area contributed by atoms with Crippen molar-refractivity contribution in [2.24, 2.45) is 0 Å². The number of aromatic nitrogens is 2. The molecule has 68 valence electrons. The molecule has 14 heavy (non-hydrogen) atoms. The lowest BCUT2D eigenvalue weighted by Crippen LogP contribution is -2.20. The van der Waals surface area contributed by atoms with E-state index in [1.807, 2.05) is 6.20 Å². The molecule has 1 aromatic rings. The zero-order valence-corrected chi connectivity index (χ0v) is 7.39. The van der Waals surface area contributed by atoms with Crippen LogP contribution in [0.5, 0.6) is 0 Å². The zero-order valence-electron chi connectivity index (χ0n) is 7.39. The number of aromatic amines is 1. The van der Waals surface area contributed by atoms with Crippen LogP contribution in [0.4, 0.5) is 0 Å². The quantitative estimate of drug-likeness (QED) is 0.488. The maximum Gasteiger partial charge on any atom is 0.0644 e. The second-order valence-electron chi connectivity index (χ2n) is 2.65. The molecule has 1 aliphatic heterocycles. The number of nitrogens with zero attached hydrogens (tertiary/aromatic N) is 1. The molecule has 4 nitrogen and oxygen atoms in total. The highest BCUT2D eigenvalue weighted by Crippen LogP contribution is 1.91. The van der Waals surface area contributed by atoms with Gasteiger partial charge in [0.25, 0.3) is 0 Å². The van der Waals surface area contributed by atoms with Crippen LogP contribution in [0.25, 0.3) is 0 Å². The van der Waals surface area contributed by atoms with Crippen molar-refractivity contribution in [3.63, 3.8) is 0 Å². The smallest absolute Gasteiger partial charge is 0.0644 e. The van der Waals surface area contributed by atoms with Gasteiger partial charge in [-0.25, -0.2) is 5.43 Å². The predicted molar refractivity (Wildman–Crippen MR) is 52.5 cm³/mol. The summed E-state index contributed by atoms with van der Waals surface area (Å²) in [5.74, 6) is 11.3. The van der Waals surface area contributed by atoms with Gasteiger partial charge in [0.05, 0.1) is 11.8 Å². The first-order chi connectivity index (χ1) is 6.95. The number of hydrazine groups is 1. The fourth-order valence-corrected chi connectivity index (χ4v) is 0.950. The first-order valence-corrected chi connectivity index (χ1v) is 4.13. The summed E-state index contributed by atoms with van der Waals surface area (Å²) in [5.41, 5.74) is 7.62. The largest absolute Gasteiger partial charge is 0.327 e. The van der Waals surface area contributed by atoms with Gasteiger partial charge in [0.1, 0.15) is 0 Å². The van der Waals surface area contributed by atoms with Crippen LogP contribution in [0.3, 0.4) is 0 Å². The summed E-state index contributed by atoms with van der Waals surface area (Å²) in [6.07, 6.45) is 5.21. The standard InChI is InChI=1S/C10H8N4/c1(3-9-5-11-12-6-9)2-4-10-7-13-14-8-10/h5-7,13-14H,8H2,(H,11,12). The van der Waals surface area contributed by atoms with Crippen LogP contribution in [0, 0.1) is 23.7 Å². The molecule has 0 aliphatic carbocycles. The molecule has 2 rings (SSSR count). The Morgan fingerprint density at radius 3 is 2.93 bits per heavy atom. The highest BCUT2D eigenvalue weighted by atomic mass is 15.4. The van der Waals surface area contributed by atoms with Gasteiger partial charge in [-0.15, -0.1) is 0 Å². The molecule has 3 N–H and O–H groups in total. The Hall–Kier alpha value is -2.17. The maximum atomic E-state index is 3.77. The van der Waals surface area contributed by atoms with E-state index in [4.69, 9.17) is 0 Å². The monoisotopic (exact) mass is 184 g/mol. The van der Waals surface area contributed by atoms with E-state index in [0.717, 1.165) is 17.7 Å². The van der Waals surface area contributed by atoms with Crippen LogP contribution in [0.1, 0.15) is 5.56 Å². The van der Waals surface area contributed by atoms with Crippen molar-refractivity contribution in [3.05, 3.63) is 29.7 Å². The first kappa shape index (κ1) is 8.43. The molecular formula is C10H8N4. The molecular weight excluding hydrogens is 176 g/mol. The second kappa shape index (κ2) is 4.18. The van der Waals surface area contributed by atoms with E-state index in [1.54, 1.807) is 12.4 Å². The molecule has 0 amide bonds. The lowest BCUT2D eigenvalue weighted by molar-refractivity contribution is 0.725. The van der Waals surface area contributed by atoms with Crippen molar-refractivity contribution in [2.45, 2.75) is 0 Å².